The highest BCUT2D eigenvalue weighted by atomic mass is 79.9. The van der Waals surface area contributed by atoms with E-state index < -0.39 is 23.1 Å². The number of anilines is 3. The topological polar surface area (TPSA) is 131 Å². The van der Waals surface area contributed by atoms with Gasteiger partial charge >= 0.3 is 5.97 Å². The van der Waals surface area contributed by atoms with E-state index in [1.807, 2.05) is 6.07 Å². The van der Waals surface area contributed by atoms with E-state index in [9.17, 15) is 18.4 Å². The molecule has 1 aliphatic carbocycles. The van der Waals surface area contributed by atoms with E-state index in [2.05, 4.69) is 26.0 Å². The molecular formula is C19H18BrN3O5S. The zero-order chi connectivity index (χ0) is 21.0. The summed E-state index contributed by atoms with van der Waals surface area (Å²) in [6.45, 7) is 0. The van der Waals surface area contributed by atoms with Crippen molar-refractivity contribution in [3.8, 4) is 5.75 Å². The number of ether oxygens (including phenoxy) is 1. The number of esters is 1. The molecule has 3 rings (SSSR count). The van der Waals surface area contributed by atoms with E-state index in [0.29, 0.717) is 17.7 Å². The van der Waals surface area contributed by atoms with Crippen molar-refractivity contribution in [1.29, 1.82) is 0 Å². The summed E-state index contributed by atoms with van der Waals surface area (Å²) in [5.74, 6) is -1.45. The highest BCUT2D eigenvalue weighted by molar-refractivity contribution is 9.10. The van der Waals surface area contributed by atoms with Gasteiger partial charge in [-0.3, -0.25) is 14.1 Å². The van der Waals surface area contributed by atoms with E-state index in [0.717, 1.165) is 17.3 Å². The van der Waals surface area contributed by atoms with Crippen molar-refractivity contribution in [3.05, 3.63) is 58.1 Å². The van der Waals surface area contributed by atoms with Crippen molar-refractivity contribution in [2.24, 2.45) is 5.73 Å². The van der Waals surface area contributed by atoms with Gasteiger partial charge in [0.15, 0.2) is 0 Å². The predicted molar refractivity (Wildman–Crippen MR) is 114 cm³/mol. The van der Waals surface area contributed by atoms with Gasteiger partial charge in [-0.05, 0) is 49.6 Å². The average molecular weight is 480 g/mol. The molecule has 1 amide bonds. The quantitative estimate of drug-likeness (QED) is 0.271. The van der Waals surface area contributed by atoms with Gasteiger partial charge in [0.05, 0.1) is 11.4 Å². The van der Waals surface area contributed by atoms with E-state index in [4.69, 9.17) is 10.5 Å². The molecule has 0 aromatic heterocycles. The second kappa shape index (κ2) is 9.21. The third-order valence-corrected chi connectivity index (χ3v) is 5.10. The van der Waals surface area contributed by atoms with Crippen LogP contribution in [0.2, 0.25) is 0 Å². The molecule has 0 saturated carbocycles. The minimum absolute atomic E-state index is 0.0398. The molecule has 2 aromatic carbocycles. The van der Waals surface area contributed by atoms with Gasteiger partial charge in [0.2, 0.25) is 0 Å². The summed E-state index contributed by atoms with van der Waals surface area (Å²) < 4.78 is 29.1. The lowest BCUT2D eigenvalue weighted by atomic mass is 10.1. The molecule has 152 valence electrons. The third-order valence-electron chi connectivity index (χ3n) is 4.21. The first-order chi connectivity index (χ1) is 13.8. The highest BCUT2D eigenvalue weighted by Gasteiger charge is 2.24. The van der Waals surface area contributed by atoms with Crippen LogP contribution >= 0.6 is 15.9 Å². The third kappa shape index (κ3) is 5.22. The summed E-state index contributed by atoms with van der Waals surface area (Å²) in [5.41, 5.74) is 6.82. The molecule has 0 spiro atoms. The minimum Gasteiger partial charge on any atom is -0.422 e. The van der Waals surface area contributed by atoms with E-state index in [1.54, 1.807) is 24.3 Å². The first-order valence-corrected chi connectivity index (χ1v) is 10.5. The van der Waals surface area contributed by atoms with Crippen molar-refractivity contribution in [2.45, 2.75) is 19.3 Å². The molecule has 0 aliphatic heterocycles. The number of hydrogen-bond donors (Lipinski definition) is 4. The molecule has 10 heteroatoms. The highest BCUT2D eigenvalue weighted by Crippen LogP contribution is 2.37. The van der Waals surface area contributed by atoms with Crippen LogP contribution in [0, 0.1) is 0 Å². The number of allylic oxidation sites excluding steroid dienone is 1. The van der Waals surface area contributed by atoms with Gasteiger partial charge in [0.1, 0.15) is 11.3 Å². The van der Waals surface area contributed by atoms with Crippen LogP contribution in [-0.4, -0.2) is 20.6 Å². The Balaban J connectivity index is 2.06. The van der Waals surface area contributed by atoms with Crippen LogP contribution in [-0.2, 0) is 16.1 Å². The summed E-state index contributed by atoms with van der Waals surface area (Å²) in [6, 6.07) is 9.84. The molecule has 1 unspecified atom stereocenters. The molecule has 0 bridgehead atoms. The number of hydrogen-bond acceptors (Lipinski definition) is 5. The lowest BCUT2D eigenvalue weighted by molar-refractivity contribution is -0.130. The molecule has 1 atom stereocenters. The number of carbonyl (C=O) groups is 2. The summed E-state index contributed by atoms with van der Waals surface area (Å²) in [4.78, 5) is 24.6. The van der Waals surface area contributed by atoms with Crippen LogP contribution in [0.25, 0.3) is 0 Å². The van der Waals surface area contributed by atoms with Crippen molar-refractivity contribution >= 4 is 56.1 Å². The SMILES string of the molecule is NC(=O)c1c(OC(=O)C2=CCCC2)ccc(NS(=O)O)c1Nc1cccc(Br)c1. The monoisotopic (exact) mass is 479 g/mol. The first kappa shape index (κ1) is 21.0. The molecule has 5 N–H and O–H groups in total. The molecule has 0 heterocycles. The molecule has 1 aliphatic rings. The lowest BCUT2D eigenvalue weighted by Crippen LogP contribution is -2.19. The van der Waals surface area contributed by atoms with Crippen molar-refractivity contribution in [2.75, 3.05) is 10.0 Å². The number of halogens is 1. The summed E-state index contributed by atoms with van der Waals surface area (Å²) in [6.07, 6.45) is 4.08. The van der Waals surface area contributed by atoms with Crippen LogP contribution in [0.4, 0.5) is 17.1 Å². The largest absolute Gasteiger partial charge is 0.422 e. The van der Waals surface area contributed by atoms with E-state index in [1.165, 1.54) is 12.1 Å². The number of primary amides is 1. The lowest BCUT2D eigenvalue weighted by Gasteiger charge is -2.18. The van der Waals surface area contributed by atoms with Crippen molar-refractivity contribution in [1.82, 2.24) is 0 Å². The maximum absolute atomic E-state index is 12.4. The summed E-state index contributed by atoms with van der Waals surface area (Å²) >= 11 is 0.957. The Morgan fingerprint density at radius 2 is 2.03 bits per heavy atom. The van der Waals surface area contributed by atoms with Crippen LogP contribution in [0.1, 0.15) is 29.6 Å². The van der Waals surface area contributed by atoms with Crippen molar-refractivity contribution in [3.63, 3.8) is 0 Å². The zero-order valence-electron chi connectivity index (χ0n) is 15.1. The fraction of sp³-hybridized carbons (Fsp3) is 0.158. The van der Waals surface area contributed by atoms with Gasteiger partial charge in [-0.2, -0.15) is 0 Å². The summed E-state index contributed by atoms with van der Waals surface area (Å²) in [5, 5.41) is 3.01. The Kier molecular flexibility index (Phi) is 6.68. The van der Waals surface area contributed by atoms with Crippen molar-refractivity contribution < 1.29 is 23.1 Å². The van der Waals surface area contributed by atoms with Crippen LogP contribution in [0.3, 0.4) is 0 Å². The van der Waals surface area contributed by atoms with Gasteiger partial charge in [-0.25, -0.2) is 9.00 Å². The Morgan fingerprint density at radius 3 is 2.66 bits per heavy atom. The first-order valence-electron chi connectivity index (χ1n) is 8.63. The van der Waals surface area contributed by atoms with Crippen LogP contribution < -0.4 is 20.5 Å². The second-order valence-corrected chi connectivity index (χ2v) is 7.84. The molecular weight excluding hydrogens is 462 g/mol. The molecule has 2 aromatic rings. The normalized spacial score (nSPS) is 14.1. The maximum Gasteiger partial charge on any atom is 0.339 e. The summed E-state index contributed by atoms with van der Waals surface area (Å²) in [7, 11) is 0. The van der Waals surface area contributed by atoms with Crippen LogP contribution in [0.15, 0.2) is 52.5 Å². The van der Waals surface area contributed by atoms with Gasteiger partial charge < -0.3 is 15.8 Å². The van der Waals surface area contributed by atoms with E-state index >= 15 is 0 Å². The smallest absolute Gasteiger partial charge is 0.339 e. The standard InChI is InChI=1S/C19H18BrN3O5S/c20-12-6-3-7-13(10-12)22-17-14(23-29(26)27)8-9-15(16(17)18(21)24)28-19(25)11-4-1-2-5-11/h3-4,6-10,22-23H,1-2,5H2,(H2,21,24)(H,26,27). The zero-order valence-corrected chi connectivity index (χ0v) is 17.5. The van der Waals surface area contributed by atoms with Gasteiger partial charge in [0, 0.05) is 15.7 Å². The molecule has 0 radical (unpaired) electrons. The molecule has 0 saturated heterocycles. The second-order valence-electron chi connectivity index (χ2n) is 6.22. The fourth-order valence-corrected chi connectivity index (χ4v) is 3.71. The van der Waals surface area contributed by atoms with E-state index in [-0.39, 0.29) is 22.7 Å². The number of rotatable bonds is 7. The fourth-order valence-electron chi connectivity index (χ4n) is 2.95. The molecule has 29 heavy (non-hydrogen) atoms. The molecule has 8 nitrogen and oxygen atoms in total. The Morgan fingerprint density at radius 1 is 1.24 bits per heavy atom. The van der Waals surface area contributed by atoms with Crippen LogP contribution in [0.5, 0.6) is 5.75 Å². The number of nitrogens with one attached hydrogen (secondary N) is 2. The Bertz CT molecular complexity index is 1020. The van der Waals surface area contributed by atoms with Gasteiger partial charge in [-0.1, -0.05) is 28.1 Å². The number of nitrogens with two attached hydrogens (primary N) is 1. The Labute approximate surface area is 178 Å². The number of benzene rings is 2. The van der Waals surface area contributed by atoms with Gasteiger partial charge in [-0.15, -0.1) is 0 Å². The molecule has 0 fully saturated rings. The minimum atomic E-state index is -2.40. The number of amides is 1. The number of carbonyl (C=O) groups excluding carboxylic acids is 2. The average Bonchev–Trinajstić information content (AvgIpc) is 3.18. The predicted octanol–water partition coefficient (Wildman–Crippen LogP) is 3.86. The maximum atomic E-state index is 12.4. The Hall–Kier alpha value is -2.69. The van der Waals surface area contributed by atoms with Gasteiger partial charge in [0.25, 0.3) is 17.2 Å².